The first-order valence-electron chi connectivity index (χ1n) is 14.7. The largest absolute Gasteiger partial charge is 0.497 e. The molecule has 1 aliphatic carbocycles. The minimum atomic E-state index is -1.13. The SMILES string of the molecule is CCNC(=O)C(=O)[C@H](Cc1ccc(OC)cc1)NC(=O)[C@@H](NC(=O)C1(NC(=O)CCCCC2CCSS2)CC1)C(C)C. The Bertz CT molecular complexity index is 1100. The minimum Gasteiger partial charge on any atom is -0.497 e. The van der Waals surface area contributed by atoms with E-state index in [0.29, 0.717) is 30.3 Å². The normalized spacial score (nSPS) is 18.5. The lowest BCUT2D eigenvalue weighted by Gasteiger charge is -2.27. The molecule has 1 heterocycles. The Morgan fingerprint density at radius 2 is 1.76 bits per heavy atom. The second-order valence-electron chi connectivity index (χ2n) is 11.2. The molecule has 0 bridgehead atoms. The van der Waals surface area contributed by atoms with Crippen LogP contribution >= 0.6 is 21.6 Å². The summed E-state index contributed by atoms with van der Waals surface area (Å²) in [5, 5.41) is 11.6. The van der Waals surface area contributed by atoms with Crippen LogP contribution in [0.3, 0.4) is 0 Å². The van der Waals surface area contributed by atoms with Crippen molar-refractivity contribution in [1.82, 2.24) is 21.3 Å². The monoisotopic (exact) mass is 620 g/mol. The average Bonchev–Trinajstić information content (AvgIpc) is 3.56. The molecule has 1 saturated carbocycles. The summed E-state index contributed by atoms with van der Waals surface area (Å²) >= 11 is 0. The van der Waals surface area contributed by atoms with Gasteiger partial charge in [0.25, 0.3) is 5.91 Å². The van der Waals surface area contributed by atoms with E-state index < -0.39 is 41.1 Å². The Kier molecular flexibility index (Phi) is 13.0. The quantitative estimate of drug-likeness (QED) is 0.118. The van der Waals surface area contributed by atoms with Gasteiger partial charge in [0, 0.05) is 30.4 Å². The highest BCUT2D eigenvalue weighted by atomic mass is 33.1. The van der Waals surface area contributed by atoms with Crippen LogP contribution in [0.2, 0.25) is 0 Å². The number of carbonyl (C=O) groups excluding carboxylic acids is 5. The van der Waals surface area contributed by atoms with E-state index in [1.54, 1.807) is 52.1 Å². The molecule has 1 aliphatic heterocycles. The van der Waals surface area contributed by atoms with Crippen LogP contribution in [0.1, 0.15) is 71.3 Å². The molecule has 2 fully saturated rings. The standard InChI is InChI=1S/C30H44N4O6S2/c1-5-31-28(38)26(36)23(18-20-10-12-21(40-4)13-11-20)32-27(37)25(19(2)3)33-29(39)30(15-16-30)34-24(35)9-7-6-8-22-14-17-41-42-22/h10-13,19,22-23,25H,5-9,14-18H2,1-4H3,(H,31,38)(H,32,37)(H,33,39)(H,34,35)/t22?,23-,25-/m0/s1. The van der Waals surface area contributed by atoms with Gasteiger partial charge >= 0.3 is 0 Å². The van der Waals surface area contributed by atoms with Crippen LogP contribution in [0.4, 0.5) is 0 Å². The van der Waals surface area contributed by atoms with Gasteiger partial charge < -0.3 is 26.0 Å². The van der Waals surface area contributed by atoms with E-state index in [0.717, 1.165) is 24.8 Å². The number of benzene rings is 1. The molecule has 3 atom stereocenters. The molecule has 4 amide bonds. The molecule has 1 unspecified atom stereocenters. The zero-order chi connectivity index (χ0) is 30.7. The lowest BCUT2D eigenvalue weighted by atomic mass is 9.98. The third-order valence-electron chi connectivity index (χ3n) is 7.50. The molecule has 4 N–H and O–H groups in total. The number of carbonyl (C=O) groups is 5. The molecule has 2 aliphatic rings. The summed E-state index contributed by atoms with van der Waals surface area (Å²) in [6.45, 7) is 5.54. The van der Waals surface area contributed by atoms with Gasteiger partial charge in [-0.25, -0.2) is 0 Å². The summed E-state index contributed by atoms with van der Waals surface area (Å²) in [5.74, 6) is -1.18. The Hall–Kier alpha value is -2.73. The van der Waals surface area contributed by atoms with E-state index in [1.165, 1.54) is 12.2 Å². The van der Waals surface area contributed by atoms with Crippen LogP contribution in [0, 0.1) is 5.92 Å². The fourth-order valence-corrected chi connectivity index (χ4v) is 7.80. The van der Waals surface area contributed by atoms with Crippen molar-refractivity contribution in [3.05, 3.63) is 29.8 Å². The Balaban J connectivity index is 1.60. The lowest BCUT2D eigenvalue weighted by molar-refractivity contribution is -0.140. The molecule has 1 aromatic carbocycles. The van der Waals surface area contributed by atoms with E-state index in [4.69, 9.17) is 4.74 Å². The third kappa shape index (κ3) is 9.93. The van der Waals surface area contributed by atoms with Crippen LogP contribution in [-0.4, -0.2) is 71.7 Å². The van der Waals surface area contributed by atoms with Crippen molar-refractivity contribution in [2.24, 2.45) is 5.92 Å². The number of rotatable bonds is 17. The Morgan fingerprint density at radius 3 is 2.33 bits per heavy atom. The topological polar surface area (TPSA) is 143 Å². The van der Waals surface area contributed by atoms with Crippen LogP contribution in [0.15, 0.2) is 24.3 Å². The van der Waals surface area contributed by atoms with Crippen LogP contribution in [0.5, 0.6) is 5.75 Å². The number of hydrogen-bond acceptors (Lipinski definition) is 8. The number of Topliss-reactive ketones (excluding diaryl/α,β-unsaturated/α-hetero) is 1. The van der Waals surface area contributed by atoms with Gasteiger partial charge in [-0.3, -0.25) is 24.0 Å². The molecule has 10 nitrogen and oxygen atoms in total. The van der Waals surface area contributed by atoms with E-state index in [9.17, 15) is 24.0 Å². The van der Waals surface area contributed by atoms with Crippen molar-refractivity contribution in [2.45, 2.75) is 95.0 Å². The predicted octanol–water partition coefficient (Wildman–Crippen LogP) is 2.93. The summed E-state index contributed by atoms with van der Waals surface area (Å²) in [6.07, 6.45) is 5.53. The Morgan fingerprint density at radius 1 is 1.05 bits per heavy atom. The number of nitrogens with one attached hydrogen (secondary N) is 4. The highest BCUT2D eigenvalue weighted by Gasteiger charge is 2.52. The highest BCUT2D eigenvalue weighted by Crippen LogP contribution is 2.40. The van der Waals surface area contributed by atoms with E-state index >= 15 is 0 Å². The molecule has 42 heavy (non-hydrogen) atoms. The van der Waals surface area contributed by atoms with Gasteiger partial charge in [-0.2, -0.15) is 0 Å². The molecule has 1 aromatic rings. The summed E-state index contributed by atoms with van der Waals surface area (Å²) in [7, 11) is 5.39. The summed E-state index contributed by atoms with van der Waals surface area (Å²) in [6, 6.07) is 4.90. The second-order valence-corrected chi connectivity index (χ2v) is 14.0. The molecule has 3 rings (SSSR count). The summed E-state index contributed by atoms with van der Waals surface area (Å²) in [4.78, 5) is 64.8. The maximum Gasteiger partial charge on any atom is 0.289 e. The second kappa shape index (κ2) is 16.2. The van der Waals surface area contributed by atoms with Gasteiger partial charge in [0.05, 0.1) is 7.11 Å². The molecule has 0 spiro atoms. The van der Waals surface area contributed by atoms with Crippen LogP contribution < -0.4 is 26.0 Å². The van der Waals surface area contributed by atoms with Crippen molar-refractivity contribution in [1.29, 1.82) is 0 Å². The summed E-state index contributed by atoms with van der Waals surface area (Å²) in [5.41, 5.74) is -0.286. The first-order valence-corrected chi connectivity index (χ1v) is 17.1. The zero-order valence-electron chi connectivity index (χ0n) is 25.0. The number of methoxy groups -OCH3 is 1. The molecule has 0 aromatic heterocycles. The highest BCUT2D eigenvalue weighted by molar-refractivity contribution is 8.77. The van der Waals surface area contributed by atoms with Crippen molar-refractivity contribution >= 4 is 51.0 Å². The molecular formula is C30H44N4O6S2. The molecule has 1 saturated heterocycles. The number of likely N-dealkylation sites (N-methyl/N-ethyl adjacent to an activating group) is 1. The zero-order valence-corrected chi connectivity index (χ0v) is 26.6. The van der Waals surface area contributed by atoms with E-state index in [-0.39, 0.29) is 24.8 Å². The van der Waals surface area contributed by atoms with Crippen LogP contribution in [-0.2, 0) is 30.4 Å². The first kappa shape index (κ1) is 33.8. The maximum atomic E-state index is 13.4. The van der Waals surface area contributed by atoms with Crippen LogP contribution in [0.25, 0.3) is 0 Å². The van der Waals surface area contributed by atoms with Crippen molar-refractivity contribution < 1.29 is 28.7 Å². The first-order chi connectivity index (χ1) is 20.1. The number of amides is 4. The minimum absolute atomic E-state index is 0.0860. The van der Waals surface area contributed by atoms with Crippen molar-refractivity contribution in [2.75, 3.05) is 19.4 Å². The maximum absolute atomic E-state index is 13.4. The van der Waals surface area contributed by atoms with Gasteiger partial charge in [-0.05, 0) is 62.6 Å². The molecule has 0 radical (unpaired) electrons. The molecule has 12 heteroatoms. The van der Waals surface area contributed by atoms with Crippen molar-refractivity contribution in [3.63, 3.8) is 0 Å². The van der Waals surface area contributed by atoms with Gasteiger partial charge in [-0.15, -0.1) is 0 Å². The number of ketones is 1. The van der Waals surface area contributed by atoms with Crippen molar-refractivity contribution in [3.8, 4) is 5.75 Å². The summed E-state index contributed by atoms with van der Waals surface area (Å²) < 4.78 is 5.18. The van der Waals surface area contributed by atoms with Gasteiger partial charge in [0.15, 0.2) is 0 Å². The fraction of sp³-hybridized carbons (Fsp3) is 0.633. The smallest absolute Gasteiger partial charge is 0.289 e. The number of unbranched alkanes of at least 4 members (excludes halogenated alkanes) is 1. The lowest BCUT2D eigenvalue weighted by Crippen LogP contribution is -2.59. The average molecular weight is 621 g/mol. The molecule has 232 valence electrons. The van der Waals surface area contributed by atoms with Gasteiger partial charge in [0.2, 0.25) is 23.5 Å². The Labute approximate surface area is 256 Å². The fourth-order valence-electron chi connectivity index (χ4n) is 4.77. The molecular weight excluding hydrogens is 576 g/mol. The van der Waals surface area contributed by atoms with E-state index in [2.05, 4.69) is 21.3 Å². The third-order valence-corrected chi connectivity index (χ3v) is 10.5. The van der Waals surface area contributed by atoms with Gasteiger partial charge in [-0.1, -0.05) is 54.0 Å². The number of ether oxygens (including phenoxy) is 1. The predicted molar refractivity (Wildman–Crippen MR) is 166 cm³/mol. The van der Waals surface area contributed by atoms with Gasteiger partial charge in [0.1, 0.15) is 23.4 Å². The number of hydrogen-bond donors (Lipinski definition) is 4. The van der Waals surface area contributed by atoms with E-state index in [1.807, 2.05) is 21.6 Å².